The fraction of sp³-hybridized carbons (Fsp3) is 0. The number of rotatable bonds is 1. The maximum Gasteiger partial charge on any atom is 0.162 e. The molecule has 2 aromatic rings. The van der Waals surface area contributed by atoms with Gasteiger partial charge in [0, 0.05) is 11.1 Å². The first kappa shape index (κ1) is 9.04. The lowest BCUT2D eigenvalue weighted by Gasteiger charge is -2.18. The van der Waals surface area contributed by atoms with Gasteiger partial charge in [0.05, 0.1) is 5.69 Å². The number of nitrogens with one attached hydrogen (secondary N) is 1. The first-order valence-electron chi connectivity index (χ1n) is 5.22. The Kier molecular flexibility index (Phi) is 2.11. The molecular weight excluding hydrogens is 198 g/mol. The molecule has 0 saturated carbocycles. The zero-order valence-corrected chi connectivity index (χ0v) is 8.68. The maximum atomic E-state index is 5.50. The van der Waals surface area contributed by atoms with Crippen molar-refractivity contribution in [2.75, 3.05) is 5.48 Å². The first-order valence-corrected chi connectivity index (χ1v) is 5.22. The molecule has 0 bridgehead atoms. The zero-order valence-electron chi connectivity index (χ0n) is 8.68. The summed E-state index contributed by atoms with van der Waals surface area (Å²) in [5.41, 5.74) is 6.16. The Morgan fingerprint density at radius 3 is 2.44 bits per heavy atom. The largest absolute Gasteiger partial charge is 0.381 e. The van der Waals surface area contributed by atoms with E-state index in [1.165, 1.54) is 0 Å². The minimum atomic E-state index is 0.847. The van der Waals surface area contributed by atoms with E-state index in [0.29, 0.717) is 0 Å². The van der Waals surface area contributed by atoms with Crippen molar-refractivity contribution in [1.29, 1.82) is 0 Å². The number of benzene rings is 2. The average Bonchev–Trinajstić information content (AvgIpc) is 2.39. The summed E-state index contributed by atoms with van der Waals surface area (Å²) in [6, 6.07) is 18.1. The molecule has 2 nitrogen and oxygen atoms in total. The second kappa shape index (κ2) is 3.74. The van der Waals surface area contributed by atoms with Crippen molar-refractivity contribution in [3.8, 4) is 0 Å². The van der Waals surface area contributed by atoms with E-state index >= 15 is 0 Å². The predicted octanol–water partition coefficient (Wildman–Crippen LogP) is 3.54. The molecule has 1 heterocycles. The highest BCUT2D eigenvalue weighted by Crippen LogP contribution is 2.28. The zero-order chi connectivity index (χ0) is 10.8. The van der Waals surface area contributed by atoms with E-state index in [-0.39, 0.29) is 0 Å². The van der Waals surface area contributed by atoms with Gasteiger partial charge in [0.1, 0.15) is 0 Å². The number of para-hydroxylation sites is 1. The van der Waals surface area contributed by atoms with Crippen LogP contribution in [0.5, 0.6) is 0 Å². The van der Waals surface area contributed by atoms with E-state index in [2.05, 4.69) is 11.5 Å². The van der Waals surface area contributed by atoms with Gasteiger partial charge in [-0.05, 0) is 12.1 Å². The van der Waals surface area contributed by atoms with Gasteiger partial charge in [-0.2, -0.15) is 0 Å². The van der Waals surface area contributed by atoms with Crippen molar-refractivity contribution in [2.45, 2.75) is 0 Å². The third-order valence-corrected chi connectivity index (χ3v) is 2.58. The summed E-state index contributed by atoms with van der Waals surface area (Å²) in [4.78, 5) is 5.50. The SMILES string of the molecule is C1=C(c2ccccc2)ONc2ccccc21. The molecule has 1 N–H and O–H groups in total. The second-order valence-corrected chi connectivity index (χ2v) is 3.67. The normalized spacial score (nSPS) is 13.1. The number of fused-ring (bicyclic) bond motifs is 1. The molecule has 0 atom stereocenters. The van der Waals surface area contributed by atoms with Crippen molar-refractivity contribution >= 4 is 17.5 Å². The molecule has 0 amide bonds. The van der Waals surface area contributed by atoms with Crippen molar-refractivity contribution < 1.29 is 4.84 Å². The van der Waals surface area contributed by atoms with Gasteiger partial charge in [-0.15, -0.1) is 0 Å². The molecule has 3 rings (SSSR count). The number of hydrogen-bond acceptors (Lipinski definition) is 2. The molecule has 1 aliphatic rings. The van der Waals surface area contributed by atoms with Crippen molar-refractivity contribution in [2.24, 2.45) is 0 Å². The van der Waals surface area contributed by atoms with Crippen LogP contribution in [0.25, 0.3) is 11.8 Å². The number of anilines is 1. The van der Waals surface area contributed by atoms with Crippen LogP contribution in [-0.4, -0.2) is 0 Å². The summed E-state index contributed by atoms with van der Waals surface area (Å²) in [6.07, 6.45) is 2.04. The highest BCUT2D eigenvalue weighted by Gasteiger charge is 2.11. The molecule has 78 valence electrons. The second-order valence-electron chi connectivity index (χ2n) is 3.67. The lowest BCUT2D eigenvalue weighted by atomic mass is 10.1. The van der Waals surface area contributed by atoms with Crippen LogP contribution < -0.4 is 5.48 Å². The molecule has 0 unspecified atom stereocenters. The Labute approximate surface area is 94.1 Å². The van der Waals surface area contributed by atoms with Crippen LogP contribution in [0.15, 0.2) is 54.6 Å². The van der Waals surface area contributed by atoms with Crippen LogP contribution in [0, 0.1) is 0 Å². The fourth-order valence-electron chi connectivity index (χ4n) is 1.74. The standard InChI is InChI=1S/C14H11NO/c1-2-6-11(7-3-1)14-10-12-8-4-5-9-13(12)15-16-14/h1-10,15H. The Morgan fingerprint density at radius 1 is 0.812 bits per heavy atom. The third-order valence-electron chi connectivity index (χ3n) is 2.58. The summed E-state index contributed by atoms with van der Waals surface area (Å²) in [5, 5.41) is 0. The molecule has 0 saturated heterocycles. The Hall–Kier alpha value is -2.22. The van der Waals surface area contributed by atoms with Gasteiger partial charge < -0.3 is 4.84 Å². The molecule has 0 aliphatic carbocycles. The molecule has 2 heteroatoms. The van der Waals surface area contributed by atoms with Crippen LogP contribution >= 0.6 is 0 Å². The first-order chi connectivity index (χ1) is 7.93. The number of hydrogen-bond donors (Lipinski definition) is 1. The van der Waals surface area contributed by atoms with Gasteiger partial charge in [0.25, 0.3) is 0 Å². The van der Waals surface area contributed by atoms with Crippen molar-refractivity contribution in [1.82, 2.24) is 0 Å². The molecule has 16 heavy (non-hydrogen) atoms. The maximum absolute atomic E-state index is 5.50. The van der Waals surface area contributed by atoms with Gasteiger partial charge >= 0.3 is 0 Å². The lowest BCUT2D eigenvalue weighted by molar-refractivity contribution is 0.360. The van der Waals surface area contributed by atoms with E-state index in [1.807, 2.05) is 54.6 Å². The van der Waals surface area contributed by atoms with Crippen molar-refractivity contribution in [3.05, 3.63) is 65.7 Å². The third kappa shape index (κ3) is 1.54. The van der Waals surface area contributed by atoms with Crippen LogP contribution in [0.4, 0.5) is 5.69 Å². The molecule has 1 aliphatic heterocycles. The summed E-state index contributed by atoms with van der Waals surface area (Å²) in [5.74, 6) is 0.847. The monoisotopic (exact) mass is 209 g/mol. The van der Waals surface area contributed by atoms with Gasteiger partial charge in [0.2, 0.25) is 0 Å². The van der Waals surface area contributed by atoms with E-state index < -0.39 is 0 Å². The minimum absolute atomic E-state index is 0.847. The molecule has 2 aromatic carbocycles. The van der Waals surface area contributed by atoms with Crippen LogP contribution in [0.3, 0.4) is 0 Å². The Bertz CT molecular complexity index is 531. The van der Waals surface area contributed by atoms with E-state index in [1.54, 1.807) is 0 Å². The lowest BCUT2D eigenvalue weighted by Crippen LogP contribution is -2.06. The van der Waals surface area contributed by atoms with Gasteiger partial charge in [-0.3, -0.25) is 0 Å². The van der Waals surface area contributed by atoms with Crippen LogP contribution in [0.2, 0.25) is 0 Å². The fourth-order valence-corrected chi connectivity index (χ4v) is 1.74. The van der Waals surface area contributed by atoms with Crippen LogP contribution in [-0.2, 0) is 4.84 Å². The summed E-state index contributed by atoms with van der Waals surface area (Å²) in [7, 11) is 0. The van der Waals surface area contributed by atoms with E-state index in [4.69, 9.17) is 4.84 Å². The summed E-state index contributed by atoms with van der Waals surface area (Å²) < 4.78 is 0. The molecule has 0 aromatic heterocycles. The Morgan fingerprint density at radius 2 is 1.56 bits per heavy atom. The predicted molar refractivity (Wildman–Crippen MR) is 65.5 cm³/mol. The van der Waals surface area contributed by atoms with Crippen LogP contribution in [0.1, 0.15) is 11.1 Å². The quantitative estimate of drug-likeness (QED) is 0.775. The molecule has 0 spiro atoms. The topological polar surface area (TPSA) is 21.3 Å². The average molecular weight is 209 g/mol. The van der Waals surface area contributed by atoms with Gasteiger partial charge in [0.15, 0.2) is 5.76 Å². The molecule has 0 radical (unpaired) electrons. The summed E-state index contributed by atoms with van der Waals surface area (Å²) >= 11 is 0. The Balaban J connectivity index is 2.04. The van der Waals surface area contributed by atoms with Gasteiger partial charge in [-0.1, -0.05) is 48.5 Å². The van der Waals surface area contributed by atoms with Crippen molar-refractivity contribution in [3.63, 3.8) is 0 Å². The summed E-state index contributed by atoms with van der Waals surface area (Å²) in [6.45, 7) is 0. The minimum Gasteiger partial charge on any atom is -0.381 e. The van der Waals surface area contributed by atoms with E-state index in [0.717, 1.165) is 22.6 Å². The highest BCUT2D eigenvalue weighted by atomic mass is 16.6. The van der Waals surface area contributed by atoms with E-state index in [9.17, 15) is 0 Å². The smallest absolute Gasteiger partial charge is 0.162 e. The molecular formula is C14H11NO. The highest BCUT2D eigenvalue weighted by molar-refractivity contribution is 5.84. The molecule has 0 fully saturated rings. The van der Waals surface area contributed by atoms with Gasteiger partial charge in [-0.25, -0.2) is 5.48 Å².